The van der Waals surface area contributed by atoms with Crippen LogP contribution in [0.5, 0.6) is 0 Å². The van der Waals surface area contributed by atoms with Crippen molar-refractivity contribution in [3.05, 3.63) is 137 Å². The van der Waals surface area contributed by atoms with E-state index >= 15 is 9.59 Å². The topological polar surface area (TPSA) is 177 Å². The van der Waals surface area contributed by atoms with Crippen LogP contribution >= 0.6 is 0 Å². The minimum Gasteiger partial charge on any atom is -0.386 e. The molecule has 0 aromatic heterocycles. The Balaban J connectivity index is 1.62. The summed E-state index contributed by atoms with van der Waals surface area (Å²) in [6, 6.07) is 27.4. The van der Waals surface area contributed by atoms with Gasteiger partial charge >= 0.3 is 18.1 Å². The fourth-order valence-electron chi connectivity index (χ4n) is 6.12. The highest BCUT2D eigenvalue weighted by atomic mass is 19.4. The first-order chi connectivity index (χ1) is 25.8. The standard InChI is InChI=1S/C39H37F3N6O6/c40-39(41,42)37(53)54-33(50)23-31(27-12-6-2-7-13-27)48-34(28-14-8-3-9-15-28)36(52)47(24-26-10-4-1-5-11-26)30-18-16-25(22-29(30)35(48)51)17-19-32(49)45-20-21-46-38(43)44/h1-16,18,22,31,34H,17,19-21,23-24H2,(H,45,49)(H4,43,44,46). The molecule has 0 saturated carbocycles. The van der Waals surface area contributed by atoms with Crippen molar-refractivity contribution in [3.8, 4) is 0 Å². The van der Waals surface area contributed by atoms with Crippen LogP contribution in [0.1, 0.15) is 57.5 Å². The lowest BCUT2D eigenvalue weighted by Crippen LogP contribution is -2.45. The molecule has 2 atom stereocenters. The van der Waals surface area contributed by atoms with E-state index < -0.39 is 48.4 Å². The van der Waals surface area contributed by atoms with Gasteiger partial charge in [0.25, 0.3) is 11.8 Å². The molecule has 1 aliphatic rings. The number of rotatable bonds is 13. The molecule has 54 heavy (non-hydrogen) atoms. The molecule has 0 bridgehead atoms. The minimum atomic E-state index is -5.45. The first-order valence-corrected chi connectivity index (χ1v) is 16.9. The maximum Gasteiger partial charge on any atom is 0.491 e. The van der Waals surface area contributed by atoms with Crippen molar-refractivity contribution in [2.75, 3.05) is 18.0 Å². The molecule has 4 aromatic rings. The largest absolute Gasteiger partial charge is 0.491 e. The van der Waals surface area contributed by atoms with Crippen LogP contribution in [-0.2, 0) is 36.9 Å². The number of fused-ring (bicyclic) bond motifs is 1. The summed E-state index contributed by atoms with van der Waals surface area (Å²) in [6.45, 7) is 0.419. The highest BCUT2D eigenvalue weighted by Crippen LogP contribution is 2.42. The Kier molecular flexibility index (Phi) is 12.4. The Morgan fingerprint density at radius 1 is 0.852 bits per heavy atom. The molecule has 0 saturated heterocycles. The number of nitrogens with zero attached hydrogens (tertiary/aromatic N) is 3. The van der Waals surface area contributed by atoms with Crippen LogP contribution in [0, 0.1) is 0 Å². The van der Waals surface area contributed by atoms with E-state index in [2.05, 4.69) is 15.0 Å². The number of benzene rings is 4. The van der Waals surface area contributed by atoms with Gasteiger partial charge in [0.1, 0.15) is 6.04 Å². The summed E-state index contributed by atoms with van der Waals surface area (Å²) in [6.07, 6.45) is -6.13. The molecular formula is C39H37F3N6O6. The average Bonchev–Trinajstić information content (AvgIpc) is 3.24. The van der Waals surface area contributed by atoms with E-state index in [1.54, 1.807) is 91.0 Å². The zero-order valence-electron chi connectivity index (χ0n) is 28.9. The highest BCUT2D eigenvalue weighted by Gasteiger charge is 2.46. The van der Waals surface area contributed by atoms with Crippen molar-refractivity contribution in [2.45, 2.75) is 44.1 Å². The van der Waals surface area contributed by atoms with Crippen LogP contribution in [0.3, 0.4) is 0 Å². The SMILES string of the molecule is NC(N)=NCCNC(=O)CCc1ccc2c(c1)C(=O)N(C(CC(=O)OC(=O)C(F)(F)F)c1ccccc1)C(c1ccccc1)C(=O)N2Cc1ccccc1. The average molecular weight is 743 g/mol. The molecule has 1 heterocycles. The zero-order valence-corrected chi connectivity index (χ0v) is 28.9. The van der Waals surface area contributed by atoms with Gasteiger partial charge in [-0.25, -0.2) is 4.79 Å². The molecule has 0 spiro atoms. The maximum atomic E-state index is 15.1. The Morgan fingerprint density at radius 2 is 1.48 bits per heavy atom. The molecule has 2 unspecified atom stereocenters. The maximum absolute atomic E-state index is 15.1. The number of esters is 2. The van der Waals surface area contributed by atoms with Gasteiger partial charge in [0.05, 0.1) is 36.8 Å². The first kappa shape index (κ1) is 38.7. The Morgan fingerprint density at radius 3 is 2.11 bits per heavy atom. The number of anilines is 1. The van der Waals surface area contributed by atoms with Gasteiger partial charge in [0.15, 0.2) is 5.96 Å². The Hall–Kier alpha value is -6.51. The van der Waals surface area contributed by atoms with Crippen molar-refractivity contribution in [3.63, 3.8) is 0 Å². The third kappa shape index (κ3) is 9.67. The minimum absolute atomic E-state index is 0.0313. The lowest BCUT2D eigenvalue weighted by molar-refractivity contribution is -0.202. The molecular weight excluding hydrogens is 705 g/mol. The zero-order chi connectivity index (χ0) is 38.8. The van der Waals surface area contributed by atoms with Crippen molar-refractivity contribution in [1.82, 2.24) is 10.2 Å². The van der Waals surface area contributed by atoms with E-state index in [1.807, 2.05) is 18.2 Å². The summed E-state index contributed by atoms with van der Waals surface area (Å²) in [5.74, 6) is -5.96. The van der Waals surface area contributed by atoms with E-state index in [0.29, 0.717) is 16.7 Å². The number of aliphatic imine (C=N–C) groups is 1. The van der Waals surface area contributed by atoms with Crippen LogP contribution in [0.25, 0.3) is 0 Å². The molecule has 1 aliphatic heterocycles. The molecule has 5 N–H and O–H groups in total. The number of carbonyl (C=O) groups is 5. The van der Waals surface area contributed by atoms with Crippen LogP contribution < -0.4 is 21.7 Å². The third-order valence-electron chi connectivity index (χ3n) is 8.58. The summed E-state index contributed by atoms with van der Waals surface area (Å²) in [7, 11) is 0. The Bertz CT molecular complexity index is 2010. The summed E-state index contributed by atoms with van der Waals surface area (Å²) in [4.78, 5) is 74.0. The van der Waals surface area contributed by atoms with E-state index in [0.717, 1.165) is 10.5 Å². The second-order valence-electron chi connectivity index (χ2n) is 12.3. The predicted octanol–water partition coefficient (Wildman–Crippen LogP) is 4.50. The number of carbonyl (C=O) groups excluding carboxylic acids is 5. The molecule has 15 heteroatoms. The molecule has 0 fully saturated rings. The van der Waals surface area contributed by atoms with Gasteiger partial charge in [-0.3, -0.25) is 24.2 Å². The van der Waals surface area contributed by atoms with Crippen LogP contribution in [0.2, 0.25) is 0 Å². The lowest BCUT2D eigenvalue weighted by Gasteiger charge is -2.37. The number of halogens is 3. The molecule has 0 radical (unpaired) electrons. The summed E-state index contributed by atoms with van der Waals surface area (Å²) in [5.41, 5.74) is 12.9. The molecule has 12 nitrogen and oxygen atoms in total. The normalized spacial score (nSPS) is 14.8. The second kappa shape index (κ2) is 17.3. The summed E-state index contributed by atoms with van der Waals surface area (Å²) >= 11 is 0. The van der Waals surface area contributed by atoms with Crippen molar-refractivity contribution in [2.24, 2.45) is 16.5 Å². The van der Waals surface area contributed by atoms with Gasteiger partial charge in [-0.15, -0.1) is 0 Å². The summed E-state index contributed by atoms with van der Waals surface area (Å²) < 4.78 is 43.6. The van der Waals surface area contributed by atoms with E-state index in [4.69, 9.17) is 11.5 Å². The van der Waals surface area contributed by atoms with E-state index in [1.165, 1.54) is 4.90 Å². The van der Waals surface area contributed by atoms with Gasteiger partial charge in [-0.1, -0.05) is 97.1 Å². The predicted molar refractivity (Wildman–Crippen MR) is 192 cm³/mol. The van der Waals surface area contributed by atoms with Crippen LogP contribution in [-0.4, -0.2) is 59.8 Å². The second-order valence-corrected chi connectivity index (χ2v) is 12.3. The quantitative estimate of drug-likeness (QED) is 0.0590. The van der Waals surface area contributed by atoms with Gasteiger partial charge in [0.2, 0.25) is 5.91 Å². The first-order valence-electron chi connectivity index (χ1n) is 16.9. The Labute approximate surface area is 308 Å². The number of alkyl halides is 3. The smallest absolute Gasteiger partial charge is 0.386 e. The fourth-order valence-corrected chi connectivity index (χ4v) is 6.12. The van der Waals surface area contributed by atoms with Gasteiger partial charge in [0, 0.05) is 13.0 Å². The molecule has 3 amide bonds. The van der Waals surface area contributed by atoms with Crippen LogP contribution in [0.4, 0.5) is 18.9 Å². The summed E-state index contributed by atoms with van der Waals surface area (Å²) in [5, 5.41) is 2.71. The monoisotopic (exact) mass is 742 g/mol. The number of nitrogens with one attached hydrogen (secondary N) is 1. The number of nitrogens with two attached hydrogens (primary N) is 2. The van der Waals surface area contributed by atoms with Gasteiger partial charge in [-0.05, 0) is 40.8 Å². The molecule has 4 aromatic carbocycles. The number of guanidine groups is 1. The molecule has 280 valence electrons. The third-order valence-corrected chi connectivity index (χ3v) is 8.58. The number of hydrogen-bond acceptors (Lipinski definition) is 7. The number of amides is 3. The number of aryl methyl sites for hydroxylation is 1. The fraction of sp³-hybridized carbons (Fsp3) is 0.231. The van der Waals surface area contributed by atoms with Gasteiger partial charge < -0.3 is 31.3 Å². The van der Waals surface area contributed by atoms with Gasteiger partial charge in [-0.2, -0.15) is 13.2 Å². The van der Waals surface area contributed by atoms with Crippen molar-refractivity contribution in [1.29, 1.82) is 0 Å². The van der Waals surface area contributed by atoms with Crippen molar-refractivity contribution < 1.29 is 41.9 Å². The van der Waals surface area contributed by atoms with E-state index in [-0.39, 0.29) is 55.6 Å². The van der Waals surface area contributed by atoms with Crippen LogP contribution in [0.15, 0.2) is 114 Å². The molecule has 5 rings (SSSR count). The number of ether oxygens (including phenoxy) is 1. The van der Waals surface area contributed by atoms with E-state index in [9.17, 15) is 27.6 Å². The molecule has 0 aliphatic carbocycles. The lowest BCUT2D eigenvalue weighted by atomic mass is 9.95. The number of hydrogen-bond donors (Lipinski definition) is 3. The van der Waals surface area contributed by atoms with Crippen molar-refractivity contribution >= 4 is 41.3 Å². The highest BCUT2D eigenvalue weighted by molar-refractivity contribution is 6.11.